The number of carbonyl (C=O) groups excluding carboxylic acids is 1. The summed E-state index contributed by atoms with van der Waals surface area (Å²) < 4.78 is 57.2. The second kappa shape index (κ2) is 17.9. The molecule has 2 aliphatic carbocycles. The lowest BCUT2D eigenvalue weighted by Gasteiger charge is -2.57. The number of sulfonamides is 1. The number of pyridine rings is 1. The number of likely N-dealkylation sites (tertiary alicyclic amines) is 1. The van der Waals surface area contributed by atoms with Gasteiger partial charge in [0.2, 0.25) is 5.65 Å². The van der Waals surface area contributed by atoms with Gasteiger partial charge in [0, 0.05) is 62.3 Å². The standard InChI is InChI=1S/C51H57FN8O8S/c1-30(2)34-8-5-6-9-35(34)36-10-7-11-41(36)59-28-51(29-59)18-20-58(21-19-51)32-12-13-37(43(22-32)68-45-25-38-39(52)26-54-47(38)56-48(45)53-4)49(61)57-69(65,66)33-23-42(60(63)64)46-44(24-33)67-27-40(55-46)31-14-16-50(3,62)17-15-31/h5-6,8-9,12-13,22-26,30-31,36,40-41,55,62H,7,10-11,14-21,27-29H2,1-3H3,(H,54,56)(H,57,61)/t31?,36-,40+,41?,50?/m0/s1. The number of rotatable bonds is 11. The number of piperidine rings is 1. The highest BCUT2D eigenvalue weighted by molar-refractivity contribution is 7.90. The summed E-state index contributed by atoms with van der Waals surface area (Å²) in [5.74, 6) is -1.19. The molecule has 1 amide bonds. The smallest absolute Gasteiger partial charge is 0.314 e. The Morgan fingerprint density at radius 2 is 1.81 bits per heavy atom. The first-order valence-corrected chi connectivity index (χ1v) is 25.4. The van der Waals surface area contributed by atoms with E-state index in [2.05, 4.69) is 72.8 Å². The summed E-state index contributed by atoms with van der Waals surface area (Å²) in [7, 11) is -4.77. The number of nitrogens with zero attached hydrogens (tertiary/aromatic N) is 5. The second-order valence-electron chi connectivity index (χ2n) is 20.4. The predicted octanol–water partition coefficient (Wildman–Crippen LogP) is 9.55. The number of ether oxygens (including phenoxy) is 2. The molecule has 3 aromatic carbocycles. The average molecular weight is 961 g/mol. The van der Waals surface area contributed by atoms with Crippen LogP contribution in [0.25, 0.3) is 15.9 Å². The van der Waals surface area contributed by atoms with Gasteiger partial charge in [0.15, 0.2) is 23.0 Å². The Morgan fingerprint density at radius 3 is 2.54 bits per heavy atom. The average Bonchev–Trinajstić information content (AvgIpc) is 3.96. The summed E-state index contributed by atoms with van der Waals surface area (Å²) in [6.07, 6.45) is 9.15. The first-order chi connectivity index (χ1) is 33.0. The fourth-order valence-electron chi connectivity index (χ4n) is 11.7. The number of fused-ring (bicyclic) bond motifs is 2. The highest BCUT2D eigenvalue weighted by Gasteiger charge is 2.49. The van der Waals surface area contributed by atoms with E-state index in [-0.39, 0.29) is 69.3 Å². The van der Waals surface area contributed by atoms with E-state index in [1.54, 1.807) is 19.1 Å². The molecule has 362 valence electrons. The highest BCUT2D eigenvalue weighted by Crippen LogP contribution is 2.50. The molecule has 16 nitrogen and oxygen atoms in total. The lowest BCUT2D eigenvalue weighted by Crippen LogP contribution is -2.63. The third kappa shape index (κ3) is 8.96. The molecule has 10 rings (SSSR count). The van der Waals surface area contributed by atoms with Gasteiger partial charge in [-0.1, -0.05) is 56.1 Å². The lowest BCUT2D eigenvalue weighted by atomic mass is 9.70. The van der Waals surface area contributed by atoms with Gasteiger partial charge >= 0.3 is 5.82 Å². The Balaban J connectivity index is 0.884. The van der Waals surface area contributed by atoms with Crippen molar-refractivity contribution in [2.24, 2.45) is 11.3 Å². The Morgan fingerprint density at radius 1 is 1.06 bits per heavy atom. The van der Waals surface area contributed by atoms with Crippen LogP contribution in [0.15, 0.2) is 71.8 Å². The molecule has 0 bridgehead atoms. The molecule has 69 heavy (non-hydrogen) atoms. The summed E-state index contributed by atoms with van der Waals surface area (Å²) in [6, 6.07) is 17.2. The fourth-order valence-corrected chi connectivity index (χ4v) is 12.7. The van der Waals surface area contributed by atoms with E-state index < -0.39 is 42.9 Å². The number of hydrogen-bond donors (Lipinski definition) is 4. The van der Waals surface area contributed by atoms with Crippen molar-refractivity contribution in [2.75, 3.05) is 43.0 Å². The Labute approximate surface area is 400 Å². The van der Waals surface area contributed by atoms with Crippen LogP contribution in [0.1, 0.15) is 112 Å². The van der Waals surface area contributed by atoms with Crippen LogP contribution in [0.3, 0.4) is 0 Å². The number of hydrogen-bond acceptors (Lipinski definition) is 12. The molecule has 2 saturated carbocycles. The zero-order chi connectivity index (χ0) is 48.4. The first-order valence-electron chi connectivity index (χ1n) is 24.0. The minimum Gasteiger partial charge on any atom is -0.489 e. The number of benzene rings is 3. The maximum absolute atomic E-state index is 14.8. The van der Waals surface area contributed by atoms with Crippen LogP contribution in [0.5, 0.6) is 17.2 Å². The number of anilines is 2. The van der Waals surface area contributed by atoms with Crippen LogP contribution in [0.2, 0.25) is 0 Å². The number of H-pyrrole nitrogens is 1. The molecule has 1 unspecified atom stereocenters. The number of nitrogens with one attached hydrogen (secondary N) is 3. The number of aliphatic hydroxyl groups is 1. The second-order valence-corrected chi connectivity index (χ2v) is 22.1. The predicted molar refractivity (Wildman–Crippen MR) is 258 cm³/mol. The van der Waals surface area contributed by atoms with E-state index in [9.17, 15) is 32.8 Å². The van der Waals surface area contributed by atoms with E-state index in [1.165, 1.54) is 42.5 Å². The zero-order valence-electron chi connectivity index (χ0n) is 39.0. The van der Waals surface area contributed by atoms with Crippen LogP contribution >= 0.6 is 0 Å². The molecule has 4 N–H and O–H groups in total. The third-order valence-electron chi connectivity index (χ3n) is 15.5. The minimum atomic E-state index is -4.77. The van der Waals surface area contributed by atoms with Gasteiger partial charge in [0.05, 0.1) is 32.4 Å². The Kier molecular flexibility index (Phi) is 12.1. The molecule has 1 spiro atoms. The van der Waals surface area contributed by atoms with Crippen molar-refractivity contribution in [3.05, 3.63) is 111 Å². The molecule has 5 heterocycles. The molecule has 5 aromatic rings. The maximum Gasteiger partial charge on any atom is 0.314 e. The summed E-state index contributed by atoms with van der Waals surface area (Å²) in [5.41, 5.74) is 2.45. The van der Waals surface area contributed by atoms with Gasteiger partial charge in [-0.3, -0.25) is 19.8 Å². The fraction of sp³-hybridized carbons (Fsp3) is 0.471. The molecule has 0 radical (unpaired) electrons. The first kappa shape index (κ1) is 46.4. The number of amides is 1. The van der Waals surface area contributed by atoms with Crippen LogP contribution in [0.4, 0.5) is 27.3 Å². The molecule has 2 aromatic heterocycles. The third-order valence-corrected chi connectivity index (χ3v) is 16.9. The monoisotopic (exact) mass is 960 g/mol. The van der Waals surface area contributed by atoms with E-state index in [0.717, 1.165) is 57.4 Å². The van der Waals surface area contributed by atoms with Crippen molar-refractivity contribution in [2.45, 2.75) is 113 Å². The number of nitro groups is 1. The molecular weight excluding hydrogens is 904 g/mol. The molecule has 3 atom stereocenters. The Hall–Kier alpha value is -6.29. The SMILES string of the molecule is [C-]#[N+]c1nc2[nH]cc(F)c2cc1Oc1cc(N2CCC3(CC2)CN(C2CCC[C@H]2c2ccccc2C(C)C)C3)ccc1C(=O)NS(=O)(=O)c1cc2c(c([N+](=O)[O-])c1)N[C@@H](C1CCC(C)(O)CC1)CO2. The summed E-state index contributed by atoms with van der Waals surface area (Å²) >= 11 is 0. The Bertz CT molecular complexity index is 2980. The van der Waals surface area contributed by atoms with E-state index in [1.807, 2.05) is 0 Å². The van der Waals surface area contributed by atoms with Crippen molar-refractivity contribution < 1.29 is 37.1 Å². The number of carbonyl (C=O) groups is 1. The summed E-state index contributed by atoms with van der Waals surface area (Å²) in [4.78, 5) is 40.6. The molecular formula is C51H57FN8O8S. The van der Waals surface area contributed by atoms with Gasteiger partial charge in [-0.05, 0) is 111 Å². The highest BCUT2D eigenvalue weighted by atomic mass is 32.2. The van der Waals surface area contributed by atoms with E-state index in [4.69, 9.17) is 16.0 Å². The topological polar surface area (TPSA) is 197 Å². The number of nitro benzene ring substituents is 1. The van der Waals surface area contributed by atoms with E-state index >= 15 is 0 Å². The number of aromatic amines is 1. The largest absolute Gasteiger partial charge is 0.489 e. The molecule has 5 aliphatic rings. The van der Waals surface area contributed by atoms with Gasteiger partial charge < -0.3 is 34.6 Å². The maximum atomic E-state index is 14.8. The van der Waals surface area contributed by atoms with E-state index in [0.29, 0.717) is 49.2 Å². The summed E-state index contributed by atoms with van der Waals surface area (Å²) in [5, 5.41) is 26.1. The van der Waals surface area contributed by atoms with Crippen LogP contribution in [0, 0.1) is 33.8 Å². The normalized spacial score (nSPS) is 24.5. The van der Waals surface area contributed by atoms with Crippen LogP contribution in [-0.2, 0) is 10.0 Å². The minimum absolute atomic E-state index is 0.0363. The van der Waals surface area contributed by atoms with Gasteiger partial charge in [0.25, 0.3) is 21.6 Å². The summed E-state index contributed by atoms with van der Waals surface area (Å²) in [6.45, 7) is 17.8. The molecule has 18 heteroatoms. The van der Waals surface area contributed by atoms with Gasteiger partial charge in [-0.25, -0.2) is 17.5 Å². The molecule has 3 aliphatic heterocycles. The number of halogens is 1. The van der Waals surface area contributed by atoms with Gasteiger partial charge in [-0.15, -0.1) is 0 Å². The van der Waals surface area contributed by atoms with Crippen LogP contribution < -0.4 is 24.4 Å². The zero-order valence-corrected chi connectivity index (χ0v) is 39.8. The van der Waals surface area contributed by atoms with Crippen molar-refractivity contribution in [1.29, 1.82) is 0 Å². The van der Waals surface area contributed by atoms with Crippen molar-refractivity contribution in [3.63, 3.8) is 0 Å². The van der Waals surface area contributed by atoms with Crippen molar-refractivity contribution in [1.82, 2.24) is 19.6 Å². The number of aromatic nitrogens is 2. The van der Waals surface area contributed by atoms with Gasteiger partial charge in [-0.2, -0.15) is 0 Å². The van der Waals surface area contributed by atoms with Crippen molar-refractivity contribution >= 4 is 49.8 Å². The van der Waals surface area contributed by atoms with Crippen molar-refractivity contribution in [3.8, 4) is 17.2 Å². The lowest BCUT2D eigenvalue weighted by molar-refractivity contribution is -0.384. The van der Waals surface area contributed by atoms with Crippen LogP contribution in [-0.4, -0.2) is 89.7 Å². The molecule has 4 fully saturated rings. The quantitative estimate of drug-likeness (QED) is 0.0557. The van der Waals surface area contributed by atoms with Gasteiger partial charge in [0.1, 0.15) is 12.4 Å². The molecule has 2 saturated heterocycles.